The number of aliphatic imine (C=N–C) groups is 1. The highest BCUT2D eigenvalue weighted by Crippen LogP contribution is 2.29. The van der Waals surface area contributed by atoms with Crippen molar-refractivity contribution < 1.29 is 9.50 Å². The minimum atomic E-state index is -0.314. The number of benzene rings is 3. The summed E-state index contributed by atoms with van der Waals surface area (Å²) in [5, 5.41) is 12.6. The molecule has 0 saturated carbocycles. The molecule has 0 aliphatic heterocycles. The number of aromatic nitrogens is 1. The second-order valence-electron chi connectivity index (χ2n) is 5.12. The van der Waals surface area contributed by atoms with E-state index in [1.807, 2.05) is 30.3 Å². The van der Waals surface area contributed by atoms with Crippen LogP contribution in [0.3, 0.4) is 0 Å². The van der Waals surface area contributed by atoms with Gasteiger partial charge in [-0.05, 0) is 35.0 Å². The lowest BCUT2D eigenvalue weighted by atomic mass is 10.1. The van der Waals surface area contributed by atoms with Crippen LogP contribution in [0.25, 0.3) is 21.0 Å². The third kappa shape index (κ3) is 2.66. The average molecular weight is 322 g/mol. The van der Waals surface area contributed by atoms with Crippen molar-refractivity contribution in [1.82, 2.24) is 4.98 Å². The number of hydrogen-bond donors (Lipinski definition) is 1. The Labute approximate surface area is 135 Å². The minimum Gasteiger partial charge on any atom is -0.507 e. The summed E-state index contributed by atoms with van der Waals surface area (Å²) in [5.74, 6) is -0.148. The third-order valence-corrected chi connectivity index (χ3v) is 4.49. The second kappa shape index (κ2) is 5.44. The number of fused-ring (bicyclic) bond motifs is 2. The van der Waals surface area contributed by atoms with E-state index in [1.54, 1.807) is 18.3 Å². The summed E-state index contributed by atoms with van der Waals surface area (Å²) in [6.07, 6.45) is 1.58. The number of phenolic OH excluding ortho intramolecular Hbond substituents is 1. The van der Waals surface area contributed by atoms with Crippen LogP contribution in [0.5, 0.6) is 5.75 Å². The molecule has 3 nitrogen and oxygen atoms in total. The first kappa shape index (κ1) is 13.8. The van der Waals surface area contributed by atoms with Crippen LogP contribution >= 0.6 is 11.3 Å². The van der Waals surface area contributed by atoms with E-state index in [0.717, 1.165) is 15.5 Å². The first-order valence-corrected chi connectivity index (χ1v) is 7.83. The van der Waals surface area contributed by atoms with Gasteiger partial charge in [0.1, 0.15) is 11.6 Å². The van der Waals surface area contributed by atoms with Gasteiger partial charge in [-0.15, -0.1) is 0 Å². The second-order valence-corrected chi connectivity index (χ2v) is 6.13. The lowest BCUT2D eigenvalue weighted by Gasteiger charge is -2.02. The van der Waals surface area contributed by atoms with Crippen LogP contribution in [-0.2, 0) is 0 Å². The van der Waals surface area contributed by atoms with Gasteiger partial charge in [0.25, 0.3) is 0 Å². The average Bonchev–Trinajstić information content (AvgIpc) is 2.94. The molecular formula is C18H11FN2OS. The molecule has 5 heteroatoms. The number of aromatic hydroxyl groups is 1. The van der Waals surface area contributed by atoms with Crippen LogP contribution in [0.15, 0.2) is 59.6 Å². The van der Waals surface area contributed by atoms with Crippen molar-refractivity contribution in [2.24, 2.45) is 4.99 Å². The van der Waals surface area contributed by atoms with Gasteiger partial charge in [0.2, 0.25) is 5.13 Å². The van der Waals surface area contributed by atoms with Crippen molar-refractivity contribution in [3.05, 3.63) is 66.0 Å². The van der Waals surface area contributed by atoms with E-state index in [1.165, 1.54) is 23.5 Å². The molecule has 0 bridgehead atoms. The van der Waals surface area contributed by atoms with Gasteiger partial charge < -0.3 is 5.11 Å². The van der Waals surface area contributed by atoms with E-state index in [4.69, 9.17) is 0 Å². The molecule has 23 heavy (non-hydrogen) atoms. The van der Waals surface area contributed by atoms with E-state index in [0.29, 0.717) is 16.2 Å². The molecule has 112 valence electrons. The zero-order chi connectivity index (χ0) is 15.8. The molecule has 0 fully saturated rings. The topological polar surface area (TPSA) is 45.5 Å². The molecule has 0 amide bonds. The minimum absolute atomic E-state index is 0.166. The zero-order valence-corrected chi connectivity index (χ0v) is 12.7. The number of halogens is 1. The van der Waals surface area contributed by atoms with Gasteiger partial charge in [-0.3, -0.25) is 0 Å². The molecule has 0 unspecified atom stereocenters. The number of nitrogens with zero attached hydrogens (tertiary/aromatic N) is 2. The van der Waals surface area contributed by atoms with Crippen LogP contribution in [0.1, 0.15) is 5.56 Å². The Morgan fingerprint density at radius 3 is 2.65 bits per heavy atom. The van der Waals surface area contributed by atoms with Crippen LogP contribution in [0.2, 0.25) is 0 Å². The maximum absolute atomic E-state index is 13.2. The van der Waals surface area contributed by atoms with Gasteiger partial charge in [0.15, 0.2) is 0 Å². The molecular weight excluding hydrogens is 311 g/mol. The molecule has 0 saturated heterocycles. The van der Waals surface area contributed by atoms with E-state index in [9.17, 15) is 9.50 Å². The molecule has 3 aromatic carbocycles. The third-order valence-electron chi connectivity index (χ3n) is 3.55. The van der Waals surface area contributed by atoms with Crippen LogP contribution in [-0.4, -0.2) is 16.3 Å². The quantitative estimate of drug-likeness (QED) is 0.525. The molecule has 4 rings (SSSR count). The van der Waals surface area contributed by atoms with Gasteiger partial charge >= 0.3 is 0 Å². The predicted octanol–water partition coefficient (Wildman–Crippen LogP) is 5.04. The normalized spacial score (nSPS) is 11.7. The summed E-state index contributed by atoms with van der Waals surface area (Å²) in [7, 11) is 0. The van der Waals surface area contributed by atoms with Gasteiger partial charge in [-0.2, -0.15) is 0 Å². The molecule has 1 N–H and O–H groups in total. The fraction of sp³-hybridized carbons (Fsp3) is 0. The van der Waals surface area contributed by atoms with E-state index in [-0.39, 0.29) is 11.6 Å². The maximum Gasteiger partial charge on any atom is 0.210 e. The molecule has 0 radical (unpaired) electrons. The van der Waals surface area contributed by atoms with Crippen LogP contribution in [0, 0.1) is 5.82 Å². The Morgan fingerprint density at radius 2 is 1.83 bits per heavy atom. The van der Waals surface area contributed by atoms with Gasteiger partial charge in [0.05, 0.1) is 10.2 Å². The highest BCUT2D eigenvalue weighted by molar-refractivity contribution is 7.22. The largest absolute Gasteiger partial charge is 0.507 e. The predicted molar refractivity (Wildman–Crippen MR) is 92.4 cm³/mol. The van der Waals surface area contributed by atoms with Crippen LogP contribution in [0.4, 0.5) is 9.52 Å². The number of hydrogen-bond acceptors (Lipinski definition) is 4. The summed E-state index contributed by atoms with van der Waals surface area (Å²) in [4.78, 5) is 8.59. The molecule has 0 aliphatic carbocycles. The van der Waals surface area contributed by atoms with Crippen molar-refractivity contribution >= 4 is 43.7 Å². The first-order chi connectivity index (χ1) is 11.2. The highest BCUT2D eigenvalue weighted by atomic mass is 32.1. The summed E-state index contributed by atoms with van der Waals surface area (Å²) in [5.41, 5.74) is 1.21. The van der Waals surface area contributed by atoms with E-state index in [2.05, 4.69) is 9.98 Å². The Hall–Kier alpha value is -2.79. The fourth-order valence-electron chi connectivity index (χ4n) is 2.42. The zero-order valence-electron chi connectivity index (χ0n) is 11.9. The van der Waals surface area contributed by atoms with Crippen molar-refractivity contribution in [3.63, 3.8) is 0 Å². The molecule has 1 aromatic heterocycles. The smallest absolute Gasteiger partial charge is 0.210 e. The standard InChI is InChI=1S/C18H11FN2OS/c19-14-5-6-17-15(9-14)21-18(23-17)20-10-13-7-11-3-1-2-4-12(11)8-16(13)22/h1-10,22H/b20-10+. The Bertz CT molecular complexity index is 1060. The van der Waals surface area contributed by atoms with E-state index >= 15 is 0 Å². The van der Waals surface area contributed by atoms with Crippen molar-refractivity contribution in [3.8, 4) is 5.75 Å². The molecule has 0 aliphatic rings. The summed E-state index contributed by atoms with van der Waals surface area (Å²) in [6, 6.07) is 15.9. The molecule has 4 aromatic rings. The summed E-state index contributed by atoms with van der Waals surface area (Å²) in [6.45, 7) is 0. The van der Waals surface area contributed by atoms with Crippen molar-refractivity contribution in [2.45, 2.75) is 0 Å². The molecule has 1 heterocycles. The van der Waals surface area contributed by atoms with E-state index < -0.39 is 0 Å². The number of rotatable bonds is 2. The summed E-state index contributed by atoms with van der Waals surface area (Å²) < 4.78 is 14.1. The Balaban J connectivity index is 1.73. The lowest BCUT2D eigenvalue weighted by Crippen LogP contribution is -1.83. The fourth-order valence-corrected chi connectivity index (χ4v) is 3.21. The Kier molecular flexibility index (Phi) is 3.28. The molecule has 0 atom stereocenters. The van der Waals surface area contributed by atoms with Gasteiger partial charge in [-0.1, -0.05) is 35.6 Å². The lowest BCUT2D eigenvalue weighted by molar-refractivity contribution is 0.475. The van der Waals surface area contributed by atoms with Crippen LogP contribution < -0.4 is 0 Å². The number of phenols is 1. The molecule has 0 spiro atoms. The highest BCUT2D eigenvalue weighted by Gasteiger charge is 2.05. The van der Waals surface area contributed by atoms with Crippen molar-refractivity contribution in [2.75, 3.05) is 0 Å². The monoisotopic (exact) mass is 322 g/mol. The first-order valence-electron chi connectivity index (χ1n) is 7.01. The van der Waals surface area contributed by atoms with Gasteiger partial charge in [0, 0.05) is 17.8 Å². The summed E-state index contributed by atoms with van der Waals surface area (Å²) >= 11 is 1.38. The number of thiazole rings is 1. The van der Waals surface area contributed by atoms with Crippen molar-refractivity contribution in [1.29, 1.82) is 0 Å². The van der Waals surface area contributed by atoms with Gasteiger partial charge in [-0.25, -0.2) is 14.4 Å². The SMILES string of the molecule is Oc1cc2ccccc2cc1/C=N/c1nc2cc(F)ccc2s1. The Morgan fingerprint density at radius 1 is 1.04 bits per heavy atom. The maximum atomic E-state index is 13.2.